The molecule has 0 saturated heterocycles. The highest BCUT2D eigenvalue weighted by Crippen LogP contribution is 2.36. The second-order valence-electron chi connectivity index (χ2n) is 6.33. The predicted octanol–water partition coefficient (Wildman–Crippen LogP) is 3.80. The Hall–Kier alpha value is -3.22. The maximum absolute atomic E-state index is 12.0. The molecular formula is C21H14Cl2N4O2. The average Bonchev–Trinajstić information content (AvgIpc) is 2.72. The zero-order valence-electron chi connectivity index (χ0n) is 14.9. The molecule has 29 heavy (non-hydrogen) atoms. The lowest BCUT2D eigenvalue weighted by molar-refractivity contribution is 0.749. The summed E-state index contributed by atoms with van der Waals surface area (Å²) >= 11 is 12.7. The summed E-state index contributed by atoms with van der Waals surface area (Å²) in [5, 5.41) is 4.96. The first-order valence-electron chi connectivity index (χ1n) is 8.67. The number of nitrogens with zero attached hydrogens (tertiary/aromatic N) is 3. The van der Waals surface area contributed by atoms with Gasteiger partial charge in [0.1, 0.15) is 6.20 Å². The molecule has 0 saturated carbocycles. The highest BCUT2D eigenvalue weighted by atomic mass is 35.5. The highest BCUT2D eigenvalue weighted by molar-refractivity contribution is 6.31. The molecule has 0 aliphatic rings. The van der Waals surface area contributed by atoms with Crippen LogP contribution in [0.15, 0.2) is 82.8 Å². The maximum Gasteiger partial charge on any atom is 0.349 e. The third-order valence-electron chi connectivity index (χ3n) is 4.47. The van der Waals surface area contributed by atoms with E-state index >= 15 is 0 Å². The van der Waals surface area contributed by atoms with E-state index in [9.17, 15) is 9.59 Å². The molecule has 6 nitrogen and oxygen atoms in total. The fourth-order valence-corrected chi connectivity index (χ4v) is 3.58. The van der Waals surface area contributed by atoms with Gasteiger partial charge in [0.25, 0.3) is 5.56 Å². The number of pyridine rings is 1. The second kappa shape index (κ2) is 8.03. The number of hydrogen-bond donors (Lipinski definition) is 1. The lowest BCUT2D eigenvalue weighted by Crippen LogP contribution is -2.30. The van der Waals surface area contributed by atoms with Gasteiger partial charge < -0.3 is 0 Å². The Morgan fingerprint density at radius 1 is 0.931 bits per heavy atom. The van der Waals surface area contributed by atoms with E-state index in [1.165, 1.54) is 0 Å². The van der Waals surface area contributed by atoms with Gasteiger partial charge in [0, 0.05) is 28.4 Å². The molecule has 0 fully saturated rings. The minimum Gasteiger partial charge on any atom is -0.271 e. The molecule has 144 valence electrons. The van der Waals surface area contributed by atoms with E-state index in [1.54, 1.807) is 24.5 Å². The van der Waals surface area contributed by atoms with E-state index in [-0.39, 0.29) is 5.92 Å². The number of nitrogens with one attached hydrogen (secondary N) is 1. The van der Waals surface area contributed by atoms with Crippen molar-refractivity contribution in [2.24, 2.45) is 0 Å². The SMILES string of the molecule is O=c1cnn(-c2ccc(C(c3ccc(Cl)cc3)c3cccnc3)c(Cl)c2)c(=O)[nH]1. The van der Waals surface area contributed by atoms with Crippen LogP contribution in [-0.4, -0.2) is 19.7 Å². The third kappa shape index (κ3) is 3.99. The number of aromatic nitrogens is 4. The molecule has 0 amide bonds. The molecule has 0 aliphatic carbocycles. The fourth-order valence-electron chi connectivity index (χ4n) is 3.17. The van der Waals surface area contributed by atoms with Crippen LogP contribution in [0.2, 0.25) is 10.0 Å². The van der Waals surface area contributed by atoms with E-state index in [0.29, 0.717) is 15.7 Å². The smallest absolute Gasteiger partial charge is 0.271 e. The van der Waals surface area contributed by atoms with Gasteiger partial charge in [-0.1, -0.05) is 47.5 Å². The van der Waals surface area contributed by atoms with E-state index in [0.717, 1.165) is 27.6 Å². The molecule has 4 rings (SSSR count). The summed E-state index contributed by atoms with van der Waals surface area (Å²) in [6.07, 6.45) is 4.54. The Kier molecular flexibility index (Phi) is 5.29. The quantitative estimate of drug-likeness (QED) is 0.540. The van der Waals surface area contributed by atoms with Crippen molar-refractivity contribution in [2.75, 3.05) is 0 Å². The molecule has 0 aliphatic heterocycles. The Bertz CT molecular complexity index is 1270. The number of aromatic amines is 1. The molecule has 2 aromatic carbocycles. The first kappa shape index (κ1) is 19.1. The van der Waals surface area contributed by atoms with Crippen molar-refractivity contribution >= 4 is 23.2 Å². The van der Waals surface area contributed by atoms with Crippen LogP contribution in [0.4, 0.5) is 0 Å². The van der Waals surface area contributed by atoms with Crippen molar-refractivity contribution < 1.29 is 0 Å². The summed E-state index contributed by atoms with van der Waals surface area (Å²) in [7, 11) is 0. The number of hydrogen-bond acceptors (Lipinski definition) is 4. The van der Waals surface area contributed by atoms with Gasteiger partial charge in [-0.2, -0.15) is 9.78 Å². The van der Waals surface area contributed by atoms with Crippen LogP contribution in [0.3, 0.4) is 0 Å². The zero-order valence-corrected chi connectivity index (χ0v) is 16.4. The van der Waals surface area contributed by atoms with Crippen LogP contribution in [-0.2, 0) is 0 Å². The van der Waals surface area contributed by atoms with E-state index < -0.39 is 11.2 Å². The normalized spacial score (nSPS) is 11.9. The van der Waals surface area contributed by atoms with Crippen LogP contribution >= 0.6 is 23.2 Å². The first-order chi connectivity index (χ1) is 14.0. The molecule has 0 bridgehead atoms. The Labute approximate surface area is 175 Å². The average molecular weight is 425 g/mol. The van der Waals surface area contributed by atoms with Gasteiger partial charge in [-0.05, 0) is 47.0 Å². The van der Waals surface area contributed by atoms with Gasteiger partial charge in [0.2, 0.25) is 0 Å². The largest absolute Gasteiger partial charge is 0.349 e. The summed E-state index contributed by atoms with van der Waals surface area (Å²) in [4.78, 5) is 29.7. The summed E-state index contributed by atoms with van der Waals surface area (Å²) in [5.41, 5.74) is 2.04. The number of halogens is 2. The zero-order chi connectivity index (χ0) is 20.4. The molecule has 1 unspecified atom stereocenters. The van der Waals surface area contributed by atoms with Crippen molar-refractivity contribution in [3.8, 4) is 5.69 Å². The third-order valence-corrected chi connectivity index (χ3v) is 5.05. The molecule has 2 heterocycles. The van der Waals surface area contributed by atoms with Crippen LogP contribution in [0.5, 0.6) is 0 Å². The number of H-pyrrole nitrogens is 1. The van der Waals surface area contributed by atoms with Gasteiger partial charge in [-0.3, -0.25) is 14.8 Å². The van der Waals surface area contributed by atoms with Gasteiger partial charge in [-0.25, -0.2) is 4.79 Å². The monoisotopic (exact) mass is 424 g/mol. The predicted molar refractivity (Wildman–Crippen MR) is 112 cm³/mol. The lowest BCUT2D eigenvalue weighted by Gasteiger charge is -2.20. The molecule has 1 N–H and O–H groups in total. The summed E-state index contributed by atoms with van der Waals surface area (Å²) in [6, 6.07) is 16.6. The van der Waals surface area contributed by atoms with Crippen molar-refractivity contribution in [3.63, 3.8) is 0 Å². The minimum atomic E-state index is -0.636. The van der Waals surface area contributed by atoms with Crippen molar-refractivity contribution in [1.82, 2.24) is 19.7 Å². The fraction of sp³-hybridized carbons (Fsp3) is 0.0476. The maximum atomic E-state index is 12.0. The molecule has 2 aromatic heterocycles. The number of rotatable bonds is 4. The molecular weight excluding hydrogens is 411 g/mol. The highest BCUT2D eigenvalue weighted by Gasteiger charge is 2.20. The van der Waals surface area contributed by atoms with E-state index in [2.05, 4.69) is 15.1 Å². The van der Waals surface area contributed by atoms with Gasteiger partial charge in [0.05, 0.1) is 5.69 Å². The van der Waals surface area contributed by atoms with E-state index in [1.807, 2.05) is 42.5 Å². The Morgan fingerprint density at radius 3 is 2.38 bits per heavy atom. The van der Waals surface area contributed by atoms with Crippen molar-refractivity contribution in [2.45, 2.75) is 5.92 Å². The van der Waals surface area contributed by atoms with Gasteiger partial charge in [0.15, 0.2) is 0 Å². The summed E-state index contributed by atoms with van der Waals surface area (Å²) in [5.74, 6) is -0.178. The lowest BCUT2D eigenvalue weighted by atomic mass is 9.86. The van der Waals surface area contributed by atoms with Crippen LogP contribution in [0, 0.1) is 0 Å². The minimum absolute atomic E-state index is 0.178. The summed E-state index contributed by atoms with van der Waals surface area (Å²) in [6.45, 7) is 0. The van der Waals surface area contributed by atoms with E-state index in [4.69, 9.17) is 23.2 Å². The second-order valence-corrected chi connectivity index (χ2v) is 7.17. The molecule has 0 radical (unpaired) electrons. The first-order valence-corrected chi connectivity index (χ1v) is 9.42. The molecule has 8 heteroatoms. The standard InChI is InChI=1S/C21H14Cl2N4O2/c22-15-5-3-13(4-6-15)20(14-2-1-9-24-11-14)17-8-7-16(10-18(17)23)27-21(29)26-19(28)12-25-27/h1-12,20H,(H,26,28,29). The molecule has 1 atom stereocenters. The van der Waals surface area contributed by atoms with Crippen molar-refractivity contribution in [1.29, 1.82) is 0 Å². The van der Waals surface area contributed by atoms with Gasteiger partial charge in [-0.15, -0.1) is 0 Å². The topological polar surface area (TPSA) is 80.6 Å². The molecule has 4 aromatic rings. The van der Waals surface area contributed by atoms with Gasteiger partial charge >= 0.3 is 5.69 Å². The van der Waals surface area contributed by atoms with Crippen molar-refractivity contribution in [3.05, 3.63) is 121 Å². The Morgan fingerprint density at radius 2 is 1.72 bits per heavy atom. The summed E-state index contributed by atoms with van der Waals surface area (Å²) < 4.78 is 1.08. The number of benzene rings is 2. The molecule has 0 spiro atoms. The Balaban J connectivity index is 1.84. The van der Waals surface area contributed by atoms with Crippen LogP contribution in [0.25, 0.3) is 5.69 Å². The van der Waals surface area contributed by atoms with Crippen LogP contribution < -0.4 is 11.2 Å². The van der Waals surface area contributed by atoms with Crippen LogP contribution in [0.1, 0.15) is 22.6 Å².